The SMILES string of the molecule is NC(=S)Nc1c(C(=O)O)cc(Br)cc1[N+](=O)[O-]. The molecule has 7 nitrogen and oxygen atoms in total. The molecule has 0 unspecified atom stereocenters. The molecular formula is C8H6BrN3O4S. The molecule has 0 amide bonds. The number of nitrogens with zero attached hydrogens (tertiary/aromatic N) is 1. The van der Waals surface area contributed by atoms with Gasteiger partial charge in [0, 0.05) is 10.5 Å². The van der Waals surface area contributed by atoms with Crippen molar-refractivity contribution < 1.29 is 14.8 Å². The minimum atomic E-state index is -1.33. The van der Waals surface area contributed by atoms with E-state index < -0.39 is 16.6 Å². The van der Waals surface area contributed by atoms with Crippen molar-refractivity contribution in [2.75, 3.05) is 5.32 Å². The molecule has 0 bridgehead atoms. The van der Waals surface area contributed by atoms with Crippen LogP contribution in [0.25, 0.3) is 0 Å². The summed E-state index contributed by atoms with van der Waals surface area (Å²) in [5, 5.41) is 21.8. The Kier molecular flexibility index (Phi) is 3.97. The van der Waals surface area contributed by atoms with E-state index >= 15 is 0 Å². The normalized spacial score (nSPS) is 9.71. The summed E-state index contributed by atoms with van der Waals surface area (Å²) in [5.74, 6) is -1.33. The maximum atomic E-state index is 11.0. The number of carboxylic acids is 1. The third-order valence-corrected chi connectivity index (χ3v) is 2.32. The molecule has 1 aromatic carbocycles. The maximum Gasteiger partial charge on any atom is 0.338 e. The Balaban J connectivity index is 3.52. The van der Waals surface area contributed by atoms with E-state index in [1.54, 1.807) is 0 Å². The van der Waals surface area contributed by atoms with Crippen molar-refractivity contribution in [3.8, 4) is 0 Å². The minimum Gasteiger partial charge on any atom is -0.478 e. The molecule has 1 rings (SSSR count). The molecule has 0 saturated carbocycles. The fourth-order valence-electron chi connectivity index (χ4n) is 1.16. The zero-order valence-electron chi connectivity index (χ0n) is 8.14. The zero-order valence-corrected chi connectivity index (χ0v) is 10.5. The minimum absolute atomic E-state index is 0.238. The summed E-state index contributed by atoms with van der Waals surface area (Å²) in [6.45, 7) is 0. The van der Waals surface area contributed by atoms with Gasteiger partial charge in [-0.15, -0.1) is 0 Å². The highest BCUT2D eigenvalue weighted by atomic mass is 79.9. The molecule has 0 saturated heterocycles. The molecule has 90 valence electrons. The molecule has 0 spiro atoms. The van der Waals surface area contributed by atoms with Crippen LogP contribution in [0.15, 0.2) is 16.6 Å². The number of aromatic carboxylic acids is 1. The highest BCUT2D eigenvalue weighted by molar-refractivity contribution is 9.10. The number of thiocarbonyl (C=S) groups is 1. The zero-order chi connectivity index (χ0) is 13.2. The molecule has 0 fully saturated rings. The lowest BCUT2D eigenvalue weighted by atomic mass is 10.1. The van der Waals surface area contributed by atoms with Crippen molar-refractivity contribution >= 4 is 50.6 Å². The van der Waals surface area contributed by atoms with E-state index in [-0.39, 0.29) is 20.8 Å². The molecule has 17 heavy (non-hydrogen) atoms. The number of hydrogen-bond donors (Lipinski definition) is 3. The number of nitro benzene ring substituents is 1. The summed E-state index contributed by atoms with van der Waals surface area (Å²) in [7, 11) is 0. The Morgan fingerprint density at radius 3 is 2.59 bits per heavy atom. The molecule has 0 aromatic heterocycles. The highest BCUT2D eigenvalue weighted by Crippen LogP contribution is 2.32. The highest BCUT2D eigenvalue weighted by Gasteiger charge is 2.23. The van der Waals surface area contributed by atoms with Crippen LogP contribution in [0.3, 0.4) is 0 Å². The van der Waals surface area contributed by atoms with Crippen LogP contribution < -0.4 is 11.1 Å². The van der Waals surface area contributed by atoms with Gasteiger partial charge in [0.15, 0.2) is 5.11 Å². The number of nitrogens with one attached hydrogen (secondary N) is 1. The summed E-state index contributed by atoms with van der Waals surface area (Å²) in [6.07, 6.45) is 0. The summed E-state index contributed by atoms with van der Waals surface area (Å²) in [5.41, 5.74) is 4.24. The Hall–Kier alpha value is -1.74. The van der Waals surface area contributed by atoms with E-state index in [4.69, 9.17) is 10.8 Å². The van der Waals surface area contributed by atoms with Crippen molar-refractivity contribution in [1.29, 1.82) is 0 Å². The van der Waals surface area contributed by atoms with Crippen molar-refractivity contribution in [3.05, 3.63) is 32.3 Å². The monoisotopic (exact) mass is 319 g/mol. The lowest BCUT2D eigenvalue weighted by molar-refractivity contribution is -0.384. The fraction of sp³-hybridized carbons (Fsp3) is 0. The largest absolute Gasteiger partial charge is 0.478 e. The number of rotatable bonds is 3. The van der Waals surface area contributed by atoms with Crippen LogP contribution in [0.2, 0.25) is 0 Å². The van der Waals surface area contributed by atoms with Gasteiger partial charge in [0.2, 0.25) is 0 Å². The van der Waals surface area contributed by atoms with Crippen LogP contribution in [0.5, 0.6) is 0 Å². The van der Waals surface area contributed by atoms with E-state index in [0.29, 0.717) is 0 Å². The predicted octanol–water partition coefficient (Wildman–Crippen LogP) is 1.71. The van der Waals surface area contributed by atoms with Gasteiger partial charge in [-0.05, 0) is 18.3 Å². The number of anilines is 1. The third kappa shape index (κ3) is 3.11. The number of benzene rings is 1. The van der Waals surface area contributed by atoms with Gasteiger partial charge in [-0.25, -0.2) is 4.79 Å². The molecule has 1 aromatic rings. The standard InChI is InChI=1S/C8H6BrN3O4S/c9-3-1-4(7(13)14)6(11-8(10)17)5(2-3)12(15)16/h1-2H,(H,13,14)(H3,10,11,17). The molecule has 0 aliphatic carbocycles. The number of carboxylic acid groups (broad SMARTS) is 1. The lowest BCUT2D eigenvalue weighted by Gasteiger charge is -2.08. The fourth-order valence-corrected chi connectivity index (χ4v) is 1.71. The quantitative estimate of drug-likeness (QED) is 0.441. The van der Waals surface area contributed by atoms with Crippen molar-refractivity contribution in [2.45, 2.75) is 0 Å². The van der Waals surface area contributed by atoms with E-state index in [9.17, 15) is 14.9 Å². The van der Waals surface area contributed by atoms with Crippen molar-refractivity contribution in [1.82, 2.24) is 0 Å². The smallest absolute Gasteiger partial charge is 0.338 e. The molecule has 0 atom stereocenters. The summed E-state index contributed by atoms with van der Waals surface area (Å²) >= 11 is 7.53. The second-order valence-electron chi connectivity index (χ2n) is 2.90. The third-order valence-electron chi connectivity index (χ3n) is 1.76. The first-order valence-corrected chi connectivity index (χ1v) is 5.30. The average molecular weight is 320 g/mol. The van der Waals surface area contributed by atoms with E-state index in [2.05, 4.69) is 33.5 Å². The van der Waals surface area contributed by atoms with Gasteiger partial charge in [-0.3, -0.25) is 10.1 Å². The summed E-state index contributed by atoms with van der Waals surface area (Å²) < 4.78 is 0.273. The molecule has 0 aliphatic heterocycles. The summed E-state index contributed by atoms with van der Waals surface area (Å²) in [6, 6.07) is 2.38. The Morgan fingerprint density at radius 2 is 2.18 bits per heavy atom. The number of nitro groups is 1. The van der Waals surface area contributed by atoms with E-state index in [1.165, 1.54) is 6.07 Å². The number of carbonyl (C=O) groups is 1. The maximum absolute atomic E-state index is 11.0. The Labute approximate surface area is 109 Å². The molecular weight excluding hydrogens is 314 g/mol. The number of nitrogens with two attached hydrogens (primary N) is 1. The van der Waals surface area contributed by atoms with Gasteiger partial charge in [-0.2, -0.15) is 0 Å². The second-order valence-corrected chi connectivity index (χ2v) is 4.25. The van der Waals surface area contributed by atoms with Gasteiger partial charge < -0.3 is 16.2 Å². The second kappa shape index (κ2) is 5.06. The topological polar surface area (TPSA) is 118 Å². The van der Waals surface area contributed by atoms with Gasteiger partial charge in [0.1, 0.15) is 5.69 Å². The van der Waals surface area contributed by atoms with E-state index in [1.807, 2.05) is 0 Å². The first-order valence-electron chi connectivity index (χ1n) is 4.10. The van der Waals surface area contributed by atoms with Gasteiger partial charge in [-0.1, -0.05) is 15.9 Å². The van der Waals surface area contributed by atoms with Crippen LogP contribution in [-0.2, 0) is 0 Å². The average Bonchev–Trinajstić information content (AvgIpc) is 2.18. The van der Waals surface area contributed by atoms with Gasteiger partial charge in [0.05, 0.1) is 10.5 Å². The van der Waals surface area contributed by atoms with E-state index in [0.717, 1.165) is 6.07 Å². The van der Waals surface area contributed by atoms with Crippen molar-refractivity contribution in [3.63, 3.8) is 0 Å². The Morgan fingerprint density at radius 1 is 1.59 bits per heavy atom. The number of hydrogen-bond acceptors (Lipinski definition) is 4. The van der Waals surface area contributed by atoms with Crippen LogP contribution in [-0.4, -0.2) is 21.1 Å². The molecule has 0 heterocycles. The number of halogens is 1. The van der Waals surface area contributed by atoms with Gasteiger partial charge >= 0.3 is 5.97 Å². The first-order chi connectivity index (χ1) is 7.82. The van der Waals surface area contributed by atoms with Crippen LogP contribution >= 0.6 is 28.1 Å². The molecule has 0 radical (unpaired) electrons. The molecule has 9 heteroatoms. The van der Waals surface area contributed by atoms with Crippen LogP contribution in [0.4, 0.5) is 11.4 Å². The van der Waals surface area contributed by atoms with Crippen LogP contribution in [0.1, 0.15) is 10.4 Å². The van der Waals surface area contributed by atoms with Crippen LogP contribution in [0, 0.1) is 10.1 Å². The Bertz CT molecular complexity index is 484. The lowest BCUT2D eigenvalue weighted by Crippen LogP contribution is -2.21. The van der Waals surface area contributed by atoms with Crippen molar-refractivity contribution in [2.24, 2.45) is 5.73 Å². The molecule has 4 N–H and O–H groups in total. The molecule has 0 aliphatic rings. The van der Waals surface area contributed by atoms with Gasteiger partial charge in [0.25, 0.3) is 5.69 Å². The predicted molar refractivity (Wildman–Crippen MR) is 68.2 cm³/mol. The first kappa shape index (κ1) is 13.3. The summed E-state index contributed by atoms with van der Waals surface area (Å²) in [4.78, 5) is 21.0.